The van der Waals surface area contributed by atoms with Crippen LogP contribution in [0.4, 0.5) is 0 Å². The summed E-state index contributed by atoms with van der Waals surface area (Å²) in [6.07, 6.45) is 17.7. The maximum atomic E-state index is 9.83. The Bertz CT molecular complexity index is 759. The SMILES string of the molecule is CCCCCC[C@H]1CC[C@H](C2CCC(c3ccc(O)cc3)(c3ccc(O)cc3)CC2)CC1. The Kier molecular flexibility index (Phi) is 7.81. The van der Waals surface area contributed by atoms with Crippen LogP contribution in [0.15, 0.2) is 48.5 Å². The van der Waals surface area contributed by atoms with Gasteiger partial charge in [0.05, 0.1) is 0 Å². The van der Waals surface area contributed by atoms with Crippen molar-refractivity contribution in [3.63, 3.8) is 0 Å². The highest BCUT2D eigenvalue weighted by atomic mass is 16.3. The molecule has 2 aliphatic rings. The maximum Gasteiger partial charge on any atom is 0.115 e. The average Bonchev–Trinajstić information content (AvgIpc) is 2.83. The Morgan fingerprint density at radius 3 is 1.66 bits per heavy atom. The normalized spacial score (nSPS) is 23.8. The second-order valence-corrected chi connectivity index (χ2v) is 10.6. The van der Waals surface area contributed by atoms with E-state index in [0.29, 0.717) is 11.5 Å². The molecule has 0 saturated heterocycles. The van der Waals surface area contributed by atoms with Crippen molar-refractivity contribution >= 4 is 0 Å². The van der Waals surface area contributed by atoms with Gasteiger partial charge in [-0.25, -0.2) is 0 Å². The summed E-state index contributed by atoms with van der Waals surface area (Å²) in [6.45, 7) is 2.30. The molecule has 0 atom stereocenters. The van der Waals surface area contributed by atoms with Gasteiger partial charge in [-0.1, -0.05) is 76.1 Å². The number of hydrogen-bond donors (Lipinski definition) is 2. The third-order valence-electron chi connectivity index (χ3n) is 8.75. The molecule has 0 heterocycles. The van der Waals surface area contributed by atoms with E-state index in [-0.39, 0.29) is 5.41 Å². The molecule has 4 rings (SSSR count). The average molecular weight is 435 g/mol. The standard InChI is InChI=1S/C30H42O2/c1-2-3-4-5-6-23-7-9-24(10-8-23)25-19-21-30(22-20-25,26-11-15-28(31)16-12-26)27-13-17-29(32)18-14-27/h11-18,23-25,31-32H,2-10,19-22H2,1H3/t23-,24-. The van der Waals surface area contributed by atoms with Gasteiger partial charge in [-0.05, 0) is 91.7 Å². The van der Waals surface area contributed by atoms with Crippen LogP contribution >= 0.6 is 0 Å². The summed E-state index contributed by atoms with van der Waals surface area (Å²) in [6, 6.07) is 15.7. The van der Waals surface area contributed by atoms with Crippen molar-refractivity contribution in [1.29, 1.82) is 0 Å². The van der Waals surface area contributed by atoms with E-state index < -0.39 is 0 Å². The largest absolute Gasteiger partial charge is 0.508 e. The molecule has 32 heavy (non-hydrogen) atoms. The van der Waals surface area contributed by atoms with E-state index in [1.165, 1.54) is 81.8 Å². The highest BCUT2D eigenvalue weighted by molar-refractivity contribution is 5.43. The van der Waals surface area contributed by atoms with E-state index >= 15 is 0 Å². The molecular formula is C30H42O2. The lowest BCUT2D eigenvalue weighted by Crippen LogP contribution is -2.35. The summed E-state index contributed by atoms with van der Waals surface area (Å²) >= 11 is 0. The molecule has 2 aromatic carbocycles. The smallest absolute Gasteiger partial charge is 0.115 e. The lowest BCUT2D eigenvalue weighted by atomic mass is 9.60. The molecule has 2 heteroatoms. The molecule has 2 nitrogen and oxygen atoms in total. The number of phenolic OH excluding ortho intramolecular Hbond substituents is 2. The minimum atomic E-state index is -0.00558. The molecule has 174 valence electrons. The van der Waals surface area contributed by atoms with Crippen molar-refractivity contribution in [3.8, 4) is 11.5 Å². The van der Waals surface area contributed by atoms with E-state index in [1.54, 1.807) is 0 Å². The van der Waals surface area contributed by atoms with Gasteiger partial charge in [-0.3, -0.25) is 0 Å². The molecule has 2 saturated carbocycles. The van der Waals surface area contributed by atoms with Crippen LogP contribution in [0.3, 0.4) is 0 Å². The van der Waals surface area contributed by atoms with Gasteiger partial charge in [-0.15, -0.1) is 0 Å². The van der Waals surface area contributed by atoms with Crippen LogP contribution in [-0.2, 0) is 5.41 Å². The number of phenols is 2. The Balaban J connectivity index is 1.39. The van der Waals surface area contributed by atoms with Crippen molar-refractivity contribution in [2.24, 2.45) is 17.8 Å². The van der Waals surface area contributed by atoms with Crippen molar-refractivity contribution in [1.82, 2.24) is 0 Å². The van der Waals surface area contributed by atoms with Gasteiger partial charge in [0.15, 0.2) is 0 Å². The Morgan fingerprint density at radius 1 is 0.656 bits per heavy atom. The van der Waals surface area contributed by atoms with Gasteiger partial charge in [0, 0.05) is 5.41 Å². The maximum absolute atomic E-state index is 9.83. The Hall–Kier alpha value is -1.96. The molecule has 0 aliphatic heterocycles. The van der Waals surface area contributed by atoms with Crippen LogP contribution in [0, 0.1) is 17.8 Å². The predicted molar refractivity (Wildman–Crippen MR) is 133 cm³/mol. The minimum absolute atomic E-state index is 0.00558. The Morgan fingerprint density at radius 2 is 1.16 bits per heavy atom. The summed E-state index contributed by atoms with van der Waals surface area (Å²) in [5, 5.41) is 19.7. The molecule has 0 unspecified atom stereocenters. The summed E-state index contributed by atoms with van der Waals surface area (Å²) in [4.78, 5) is 0. The molecule has 0 radical (unpaired) electrons. The van der Waals surface area contributed by atoms with Gasteiger partial charge >= 0.3 is 0 Å². The van der Waals surface area contributed by atoms with Crippen molar-refractivity contribution in [2.45, 2.75) is 95.8 Å². The van der Waals surface area contributed by atoms with E-state index in [1.807, 2.05) is 24.3 Å². The summed E-state index contributed by atoms with van der Waals surface area (Å²) in [5.74, 6) is 3.42. The first-order valence-electron chi connectivity index (χ1n) is 13.2. The molecule has 2 fully saturated rings. The van der Waals surface area contributed by atoms with Crippen molar-refractivity contribution in [3.05, 3.63) is 59.7 Å². The fourth-order valence-electron chi connectivity index (χ4n) is 6.72. The first-order chi connectivity index (χ1) is 15.6. The van der Waals surface area contributed by atoms with E-state index in [2.05, 4.69) is 31.2 Å². The molecule has 2 aliphatic carbocycles. The molecule has 2 aromatic rings. The highest BCUT2D eigenvalue weighted by Crippen LogP contribution is 2.50. The second kappa shape index (κ2) is 10.8. The van der Waals surface area contributed by atoms with E-state index in [4.69, 9.17) is 0 Å². The zero-order valence-electron chi connectivity index (χ0n) is 19.9. The molecule has 0 bridgehead atoms. The lowest BCUT2D eigenvalue weighted by Gasteiger charge is -2.44. The quantitative estimate of drug-likeness (QED) is 0.410. The molecule has 0 spiro atoms. The van der Waals surface area contributed by atoms with E-state index in [9.17, 15) is 10.2 Å². The summed E-state index contributed by atoms with van der Waals surface area (Å²) < 4.78 is 0. The van der Waals surface area contributed by atoms with Gasteiger partial charge in [0.2, 0.25) is 0 Å². The third kappa shape index (κ3) is 5.33. The summed E-state index contributed by atoms with van der Waals surface area (Å²) in [5.41, 5.74) is 2.60. The number of benzene rings is 2. The van der Waals surface area contributed by atoms with Gasteiger partial charge in [-0.2, -0.15) is 0 Å². The second-order valence-electron chi connectivity index (χ2n) is 10.6. The summed E-state index contributed by atoms with van der Waals surface area (Å²) in [7, 11) is 0. The monoisotopic (exact) mass is 434 g/mol. The number of hydrogen-bond acceptors (Lipinski definition) is 2. The molecule has 2 N–H and O–H groups in total. The van der Waals surface area contributed by atoms with Gasteiger partial charge in [0.1, 0.15) is 11.5 Å². The van der Waals surface area contributed by atoms with Crippen molar-refractivity contribution in [2.75, 3.05) is 0 Å². The molecule has 0 amide bonds. The van der Waals surface area contributed by atoms with Gasteiger partial charge < -0.3 is 10.2 Å². The van der Waals surface area contributed by atoms with Crippen molar-refractivity contribution < 1.29 is 10.2 Å². The van der Waals surface area contributed by atoms with Crippen LogP contribution in [0.5, 0.6) is 11.5 Å². The van der Waals surface area contributed by atoms with Crippen LogP contribution < -0.4 is 0 Å². The van der Waals surface area contributed by atoms with E-state index in [0.717, 1.165) is 30.6 Å². The van der Waals surface area contributed by atoms with Crippen LogP contribution in [0.2, 0.25) is 0 Å². The predicted octanol–water partition coefficient (Wildman–Crippen LogP) is 8.35. The van der Waals surface area contributed by atoms with Crippen LogP contribution in [0.1, 0.15) is 102 Å². The van der Waals surface area contributed by atoms with Gasteiger partial charge in [0.25, 0.3) is 0 Å². The zero-order valence-corrected chi connectivity index (χ0v) is 19.9. The van der Waals surface area contributed by atoms with Crippen LogP contribution in [-0.4, -0.2) is 10.2 Å². The highest BCUT2D eigenvalue weighted by Gasteiger charge is 2.40. The fourth-order valence-corrected chi connectivity index (χ4v) is 6.72. The third-order valence-corrected chi connectivity index (χ3v) is 8.75. The topological polar surface area (TPSA) is 40.5 Å². The Labute approximate surface area is 195 Å². The number of aromatic hydroxyl groups is 2. The minimum Gasteiger partial charge on any atom is -0.508 e. The molecule has 0 aromatic heterocycles. The lowest BCUT2D eigenvalue weighted by molar-refractivity contribution is 0.140. The zero-order chi connectivity index (χ0) is 22.4. The first kappa shape index (κ1) is 23.2. The van der Waals surface area contributed by atoms with Crippen LogP contribution in [0.25, 0.3) is 0 Å². The number of rotatable bonds is 8. The molecular weight excluding hydrogens is 392 g/mol. The fraction of sp³-hybridized carbons (Fsp3) is 0.600. The number of unbranched alkanes of at least 4 members (excludes halogenated alkanes) is 3. The first-order valence-corrected chi connectivity index (χ1v) is 13.2.